The number of hydrogen-bond donors (Lipinski definition) is 0. The second-order valence-electron chi connectivity index (χ2n) is 4.32. The van der Waals surface area contributed by atoms with Gasteiger partial charge in [-0.2, -0.15) is 21.6 Å². The number of azide groups is 1. The molecule has 0 N–H and O–H groups in total. The number of halogens is 3. The maximum Gasteiger partial charge on any atom is 0.523 e. The van der Waals surface area contributed by atoms with Crippen LogP contribution in [0.25, 0.3) is 10.4 Å². The third kappa shape index (κ3) is 6.07. The molecule has 0 bridgehead atoms. The van der Waals surface area contributed by atoms with Crippen LogP contribution in [0, 0.1) is 0 Å². The molecule has 1 atom stereocenters. The second-order valence-corrected chi connectivity index (χ2v) is 5.88. The molecule has 0 saturated heterocycles. The summed E-state index contributed by atoms with van der Waals surface area (Å²) in [6, 6.07) is 8.18. The normalized spacial score (nSPS) is 13.0. The van der Waals surface area contributed by atoms with Crippen molar-refractivity contribution in [3.05, 3.63) is 46.3 Å². The van der Waals surface area contributed by atoms with Gasteiger partial charge in [-0.15, -0.1) is 0 Å². The van der Waals surface area contributed by atoms with E-state index < -0.39 is 40.7 Å². The number of nitrogens with zero attached hydrogens (tertiary/aromatic N) is 3. The summed E-state index contributed by atoms with van der Waals surface area (Å²) < 4.78 is 67.7. The first-order chi connectivity index (χ1) is 11.2. The molecule has 12 heteroatoms. The zero-order valence-corrected chi connectivity index (χ0v) is 12.8. The molecule has 1 aromatic rings. The minimum absolute atomic E-state index is 0.285. The monoisotopic (exact) mass is 367 g/mol. The number of rotatable bonds is 8. The number of benzene rings is 1. The first kappa shape index (κ1) is 19.7. The molecule has 24 heavy (non-hydrogen) atoms. The number of carbonyl (C=O) groups is 1. The van der Waals surface area contributed by atoms with Gasteiger partial charge in [-0.05, 0) is 17.5 Å². The Hall–Kier alpha value is -2.30. The Labute approximate surface area is 134 Å². The number of esters is 1. The molecule has 8 nitrogen and oxygen atoms in total. The van der Waals surface area contributed by atoms with E-state index in [1.54, 1.807) is 30.3 Å². The highest BCUT2D eigenvalue weighted by Gasteiger charge is 2.49. The molecule has 0 aromatic heterocycles. The third-order valence-electron chi connectivity index (χ3n) is 2.57. The summed E-state index contributed by atoms with van der Waals surface area (Å²) in [6.07, 6.45) is -2.67. The number of carbonyl (C=O) groups excluding carboxylic acids is 1. The number of hydrogen-bond acceptors (Lipinski definition) is 6. The van der Waals surface area contributed by atoms with Crippen molar-refractivity contribution in [3.63, 3.8) is 0 Å². The van der Waals surface area contributed by atoms with Crippen LogP contribution >= 0.6 is 0 Å². The van der Waals surface area contributed by atoms with Crippen molar-refractivity contribution in [2.24, 2.45) is 5.11 Å². The molecule has 0 saturated carbocycles. The van der Waals surface area contributed by atoms with Crippen LogP contribution in [0.15, 0.2) is 35.4 Å². The van der Waals surface area contributed by atoms with Crippen molar-refractivity contribution in [1.29, 1.82) is 0 Å². The van der Waals surface area contributed by atoms with Gasteiger partial charge in [-0.25, -0.2) is 8.98 Å². The molecule has 1 rings (SSSR count). The largest absolute Gasteiger partial charge is 0.523 e. The lowest BCUT2D eigenvalue weighted by Gasteiger charge is -2.17. The van der Waals surface area contributed by atoms with Gasteiger partial charge in [0, 0.05) is 11.5 Å². The van der Waals surface area contributed by atoms with Crippen molar-refractivity contribution in [1.82, 2.24) is 0 Å². The van der Waals surface area contributed by atoms with E-state index >= 15 is 0 Å². The molecule has 0 aliphatic rings. The van der Waals surface area contributed by atoms with E-state index in [1.165, 1.54) is 0 Å². The van der Waals surface area contributed by atoms with Gasteiger partial charge in [0.1, 0.15) is 6.61 Å². The fourth-order valence-corrected chi connectivity index (χ4v) is 2.04. The van der Waals surface area contributed by atoms with Crippen LogP contribution in [0.5, 0.6) is 0 Å². The smallest absolute Gasteiger partial charge is 0.459 e. The zero-order chi connectivity index (χ0) is 18.2. The second kappa shape index (κ2) is 8.52. The highest BCUT2D eigenvalue weighted by molar-refractivity contribution is 7.87. The molecule has 0 heterocycles. The minimum atomic E-state index is -6.00. The minimum Gasteiger partial charge on any atom is -0.459 e. The fourth-order valence-electron chi connectivity index (χ4n) is 1.45. The van der Waals surface area contributed by atoms with E-state index in [1.807, 2.05) is 0 Å². The molecule has 0 spiro atoms. The summed E-state index contributed by atoms with van der Waals surface area (Å²) in [4.78, 5) is 14.2. The van der Waals surface area contributed by atoms with Gasteiger partial charge in [0.2, 0.25) is 0 Å². The quantitative estimate of drug-likeness (QED) is 0.175. The van der Waals surface area contributed by atoms with Crippen LogP contribution in [-0.2, 0) is 30.4 Å². The standard InChI is InChI=1S/C12H12F3N3O5S/c13-12(14,15)24(20,21)23-10(6-7-17-18-16)11(19)22-8-9-4-2-1-3-5-9/h1-5,10H,6-8H2/t10-/m0/s1. The predicted octanol–water partition coefficient (Wildman–Crippen LogP) is 2.67. The van der Waals surface area contributed by atoms with Crippen molar-refractivity contribution in [2.45, 2.75) is 24.6 Å². The number of ether oxygens (including phenoxy) is 1. The molecular weight excluding hydrogens is 355 g/mol. The van der Waals surface area contributed by atoms with E-state index in [2.05, 4.69) is 14.2 Å². The Kier molecular flexibility index (Phi) is 7.01. The van der Waals surface area contributed by atoms with Crippen LogP contribution in [0.2, 0.25) is 0 Å². The Bertz CT molecular complexity index is 702. The van der Waals surface area contributed by atoms with Gasteiger partial charge in [0.25, 0.3) is 0 Å². The molecule has 0 radical (unpaired) electrons. The van der Waals surface area contributed by atoms with Crippen LogP contribution in [-0.4, -0.2) is 32.5 Å². The van der Waals surface area contributed by atoms with Crippen molar-refractivity contribution in [2.75, 3.05) is 6.54 Å². The Morgan fingerprint density at radius 1 is 1.29 bits per heavy atom. The zero-order valence-electron chi connectivity index (χ0n) is 12.0. The molecule has 132 valence electrons. The van der Waals surface area contributed by atoms with E-state index in [-0.39, 0.29) is 6.61 Å². The maximum atomic E-state index is 12.3. The molecule has 0 amide bonds. The lowest BCUT2D eigenvalue weighted by atomic mass is 10.2. The van der Waals surface area contributed by atoms with Gasteiger partial charge < -0.3 is 4.74 Å². The maximum absolute atomic E-state index is 12.3. The SMILES string of the molecule is [N-]=[N+]=NCC[C@H](OS(=O)(=O)C(F)(F)F)C(=O)OCc1ccccc1. The third-order valence-corrected chi connectivity index (χ3v) is 3.62. The van der Waals surface area contributed by atoms with Crippen LogP contribution in [0.1, 0.15) is 12.0 Å². The molecule has 0 unspecified atom stereocenters. The van der Waals surface area contributed by atoms with Gasteiger partial charge in [0.05, 0.1) is 0 Å². The van der Waals surface area contributed by atoms with Gasteiger partial charge in [-0.3, -0.25) is 0 Å². The average Bonchev–Trinajstić information content (AvgIpc) is 2.51. The highest BCUT2D eigenvalue weighted by Crippen LogP contribution is 2.26. The lowest BCUT2D eigenvalue weighted by molar-refractivity contribution is -0.154. The van der Waals surface area contributed by atoms with E-state index in [9.17, 15) is 26.4 Å². The van der Waals surface area contributed by atoms with E-state index in [0.29, 0.717) is 5.56 Å². The topological polar surface area (TPSA) is 118 Å². The highest BCUT2D eigenvalue weighted by atomic mass is 32.2. The summed E-state index contributed by atoms with van der Waals surface area (Å²) in [5, 5.41) is 3.02. The van der Waals surface area contributed by atoms with Crippen LogP contribution in [0.4, 0.5) is 13.2 Å². The predicted molar refractivity (Wildman–Crippen MR) is 74.7 cm³/mol. The summed E-state index contributed by atoms with van der Waals surface area (Å²) in [5.74, 6) is -1.32. The van der Waals surface area contributed by atoms with Crippen LogP contribution < -0.4 is 0 Å². The van der Waals surface area contributed by atoms with E-state index in [0.717, 1.165) is 0 Å². The Balaban J connectivity index is 2.80. The molecule has 0 aliphatic carbocycles. The fraction of sp³-hybridized carbons (Fsp3) is 0.417. The molecule has 0 fully saturated rings. The first-order valence-corrected chi connectivity index (χ1v) is 7.79. The summed E-state index contributed by atoms with van der Waals surface area (Å²) in [6.45, 7) is -0.734. The van der Waals surface area contributed by atoms with Gasteiger partial charge in [0.15, 0.2) is 6.10 Å². The average molecular weight is 367 g/mol. The van der Waals surface area contributed by atoms with Gasteiger partial charge >= 0.3 is 21.6 Å². The molecular formula is C12H12F3N3O5S. The van der Waals surface area contributed by atoms with Crippen molar-refractivity contribution < 1.29 is 35.3 Å². The Morgan fingerprint density at radius 3 is 2.46 bits per heavy atom. The van der Waals surface area contributed by atoms with Crippen LogP contribution in [0.3, 0.4) is 0 Å². The first-order valence-electron chi connectivity index (χ1n) is 6.38. The Morgan fingerprint density at radius 2 is 1.92 bits per heavy atom. The van der Waals surface area contributed by atoms with Gasteiger partial charge in [-0.1, -0.05) is 35.4 Å². The van der Waals surface area contributed by atoms with Crippen molar-refractivity contribution >= 4 is 16.1 Å². The lowest BCUT2D eigenvalue weighted by Crippen LogP contribution is -2.35. The summed E-state index contributed by atoms with van der Waals surface area (Å²) in [5.41, 5.74) is 2.98. The summed E-state index contributed by atoms with van der Waals surface area (Å²) >= 11 is 0. The van der Waals surface area contributed by atoms with E-state index in [4.69, 9.17) is 10.3 Å². The molecule has 1 aromatic carbocycles. The van der Waals surface area contributed by atoms with Crippen molar-refractivity contribution in [3.8, 4) is 0 Å². The summed E-state index contributed by atoms with van der Waals surface area (Å²) in [7, 11) is -6.00. The number of alkyl halides is 3. The molecule has 0 aliphatic heterocycles.